The number of rotatable bonds is 5. The Morgan fingerprint density at radius 1 is 1.33 bits per heavy atom. The zero-order valence-electron chi connectivity index (χ0n) is 11.5. The summed E-state index contributed by atoms with van der Waals surface area (Å²) in [4.78, 5) is 22.7. The first-order valence-corrected chi connectivity index (χ1v) is 6.64. The van der Waals surface area contributed by atoms with Crippen LogP contribution in [0.2, 0.25) is 0 Å². The Morgan fingerprint density at radius 2 is 2.00 bits per heavy atom. The summed E-state index contributed by atoms with van der Waals surface area (Å²) in [5.74, 6) is -0.976. The van der Waals surface area contributed by atoms with Gasteiger partial charge in [0.15, 0.2) is 0 Å². The fraction of sp³-hybridized carbons (Fsp3) is 0.846. The summed E-state index contributed by atoms with van der Waals surface area (Å²) in [6.45, 7) is 6.38. The third-order valence-electron chi connectivity index (χ3n) is 3.84. The molecule has 1 aliphatic carbocycles. The van der Waals surface area contributed by atoms with Gasteiger partial charge in [-0.2, -0.15) is 0 Å². The Balaban J connectivity index is 2.36. The highest BCUT2D eigenvalue weighted by atomic mass is 16.4. The van der Waals surface area contributed by atoms with Gasteiger partial charge < -0.3 is 15.7 Å². The topological polar surface area (TPSA) is 78.4 Å². The molecule has 104 valence electrons. The Bertz CT molecular complexity index is 315. The number of aliphatic carboxylic acids is 1. The average Bonchev–Trinajstić information content (AvgIpc) is 2.74. The van der Waals surface area contributed by atoms with Crippen LogP contribution in [0.3, 0.4) is 0 Å². The van der Waals surface area contributed by atoms with Crippen LogP contribution >= 0.6 is 0 Å². The Kier molecular flexibility index (Phi) is 4.99. The summed E-state index contributed by atoms with van der Waals surface area (Å²) in [6, 6.07) is -0.210. The lowest BCUT2D eigenvalue weighted by atomic mass is 9.96. The van der Waals surface area contributed by atoms with E-state index in [1.807, 2.05) is 20.8 Å². The van der Waals surface area contributed by atoms with Crippen molar-refractivity contribution in [2.75, 3.05) is 6.54 Å². The smallest absolute Gasteiger partial charge is 0.315 e. The van der Waals surface area contributed by atoms with Crippen LogP contribution < -0.4 is 10.6 Å². The van der Waals surface area contributed by atoms with Crippen LogP contribution in [0, 0.1) is 11.8 Å². The lowest BCUT2D eigenvalue weighted by molar-refractivity contribution is -0.142. The SMILES string of the molecule is CCC(C)(C)NC(=O)NCC1CCCC1C(=O)O. The predicted octanol–water partition coefficient (Wildman–Crippen LogP) is 1.98. The Hall–Kier alpha value is -1.26. The summed E-state index contributed by atoms with van der Waals surface area (Å²) in [5, 5.41) is 14.7. The van der Waals surface area contributed by atoms with E-state index in [-0.39, 0.29) is 23.4 Å². The van der Waals surface area contributed by atoms with E-state index in [9.17, 15) is 9.59 Å². The van der Waals surface area contributed by atoms with E-state index in [2.05, 4.69) is 10.6 Å². The minimum absolute atomic E-state index is 0.0676. The third-order valence-corrected chi connectivity index (χ3v) is 3.84. The van der Waals surface area contributed by atoms with Crippen molar-refractivity contribution in [1.82, 2.24) is 10.6 Å². The molecule has 1 saturated carbocycles. The minimum Gasteiger partial charge on any atom is -0.481 e. The number of carbonyl (C=O) groups excluding carboxylic acids is 1. The molecule has 0 bridgehead atoms. The van der Waals surface area contributed by atoms with Gasteiger partial charge in [0.05, 0.1) is 5.92 Å². The molecule has 18 heavy (non-hydrogen) atoms. The fourth-order valence-electron chi connectivity index (χ4n) is 2.27. The summed E-state index contributed by atoms with van der Waals surface area (Å²) in [6.07, 6.45) is 3.39. The maximum absolute atomic E-state index is 11.7. The quantitative estimate of drug-likeness (QED) is 0.703. The molecule has 0 aromatic carbocycles. The van der Waals surface area contributed by atoms with Gasteiger partial charge in [-0.05, 0) is 39.0 Å². The highest BCUT2D eigenvalue weighted by Gasteiger charge is 2.33. The van der Waals surface area contributed by atoms with Crippen LogP contribution in [0.15, 0.2) is 0 Å². The highest BCUT2D eigenvalue weighted by Crippen LogP contribution is 2.31. The normalized spacial score (nSPS) is 23.7. The molecular weight excluding hydrogens is 232 g/mol. The van der Waals surface area contributed by atoms with E-state index in [4.69, 9.17) is 5.11 Å². The van der Waals surface area contributed by atoms with Gasteiger partial charge in [-0.25, -0.2) is 4.79 Å². The van der Waals surface area contributed by atoms with Crippen LogP contribution in [0.4, 0.5) is 4.79 Å². The second-order valence-corrected chi connectivity index (χ2v) is 5.71. The maximum atomic E-state index is 11.7. The van der Waals surface area contributed by atoms with Crippen molar-refractivity contribution >= 4 is 12.0 Å². The van der Waals surface area contributed by atoms with E-state index in [1.165, 1.54) is 0 Å². The molecule has 5 nitrogen and oxygen atoms in total. The number of nitrogens with one attached hydrogen (secondary N) is 2. The van der Waals surface area contributed by atoms with Gasteiger partial charge in [0, 0.05) is 12.1 Å². The lowest BCUT2D eigenvalue weighted by Gasteiger charge is -2.25. The molecule has 1 rings (SSSR count). The molecule has 3 N–H and O–H groups in total. The average molecular weight is 256 g/mol. The molecule has 5 heteroatoms. The van der Waals surface area contributed by atoms with Crippen LogP contribution in [0.25, 0.3) is 0 Å². The molecule has 0 aliphatic heterocycles. The van der Waals surface area contributed by atoms with Crippen molar-refractivity contribution in [3.05, 3.63) is 0 Å². The van der Waals surface area contributed by atoms with Gasteiger partial charge in [-0.1, -0.05) is 13.3 Å². The zero-order valence-corrected chi connectivity index (χ0v) is 11.5. The number of carboxylic acid groups (broad SMARTS) is 1. The first kappa shape index (κ1) is 14.8. The second kappa shape index (κ2) is 6.07. The lowest BCUT2D eigenvalue weighted by Crippen LogP contribution is -2.49. The molecule has 0 radical (unpaired) electrons. The number of amides is 2. The summed E-state index contributed by atoms with van der Waals surface area (Å²) < 4.78 is 0. The number of carboxylic acids is 1. The van der Waals surface area contributed by atoms with E-state index in [0.29, 0.717) is 6.54 Å². The fourth-order valence-corrected chi connectivity index (χ4v) is 2.27. The summed E-state index contributed by atoms with van der Waals surface area (Å²) in [5.41, 5.74) is -0.230. The number of carbonyl (C=O) groups is 2. The maximum Gasteiger partial charge on any atom is 0.315 e. The first-order valence-electron chi connectivity index (χ1n) is 6.64. The molecular formula is C13H24N2O3. The molecule has 2 unspecified atom stereocenters. The molecule has 2 amide bonds. The van der Waals surface area contributed by atoms with Crippen LogP contribution in [0.1, 0.15) is 46.5 Å². The van der Waals surface area contributed by atoms with Crippen molar-refractivity contribution in [1.29, 1.82) is 0 Å². The van der Waals surface area contributed by atoms with Crippen molar-refractivity contribution in [3.8, 4) is 0 Å². The van der Waals surface area contributed by atoms with E-state index >= 15 is 0 Å². The van der Waals surface area contributed by atoms with E-state index < -0.39 is 5.97 Å². The van der Waals surface area contributed by atoms with Crippen molar-refractivity contribution in [3.63, 3.8) is 0 Å². The van der Waals surface area contributed by atoms with Gasteiger partial charge in [0.25, 0.3) is 0 Å². The minimum atomic E-state index is -0.742. The number of urea groups is 1. The molecule has 0 saturated heterocycles. The molecule has 0 aromatic rings. The Morgan fingerprint density at radius 3 is 2.56 bits per heavy atom. The van der Waals surface area contributed by atoms with Crippen molar-refractivity contribution in [2.24, 2.45) is 11.8 Å². The Labute approximate surface area is 108 Å². The number of hydrogen-bond acceptors (Lipinski definition) is 2. The summed E-state index contributed by atoms with van der Waals surface area (Å²) in [7, 11) is 0. The van der Waals surface area contributed by atoms with Crippen LogP contribution in [0.5, 0.6) is 0 Å². The zero-order chi connectivity index (χ0) is 13.8. The van der Waals surface area contributed by atoms with E-state index in [1.54, 1.807) is 0 Å². The highest BCUT2D eigenvalue weighted by molar-refractivity contribution is 5.75. The predicted molar refractivity (Wildman–Crippen MR) is 69.4 cm³/mol. The van der Waals surface area contributed by atoms with Gasteiger partial charge in [-0.3, -0.25) is 4.79 Å². The second-order valence-electron chi connectivity index (χ2n) is 5.71. The van der Waals surface area contributed by atoms with Crippen molar-refractivity contribution in [2.45, 2.75) is 52.0 Å². The first-order chi connectivity index (χ1) is 8.35. The van der Waals surface area contributed by atoms with Crippen LogP contribution in [-0.2, 0) is 4.79 Å². The monoisotopic (exact) mass is 256 g/mol. The standard InChI is InChI=1S/C13H24N2O3/c1-4-13(2,3)15-12(18)14-8-9-6-5-7-10(9)11(16)17/h9-10H,4-8H2,1-3H3,(H,16,17)(H2,14,15,18). The molecule has 0 spiro atoms. The van der Waals surface area contributed by atoms with Crippen LogP contribution in [-0.4, -0.2) is 29.2 Å². The molecule has 1 fully saturated rings. The molecule has 2 atom stereocenters. The molecule has 0 aromatic heterocycles. The molecule has 1 aliphatic rings. The van der Waals surface area contributed by atoms with Gasteiger partial charge in [-0.15, -0.1) is 0 Å². The molecule has 0 heterocycles. The summed E-state index contributed by atoms with van der Waals surface area (Å²) >= 11 is 0. The van der Waals surface area contributed by atoms with Crippen molar-refractivity contribution < 1.29 is 14.7 Å². The van der Waals surface area contributed by atoms with Gasteiger partial charge in [0.1, 0.15) is 0 Å². The van der Waals surface area contributed by atoms with E-state index in [0.717, 1.165) is 25.7 Å². The third kappa shape index (κ3) is 4.20. The number of hydrogen-bond donors (Lipinski definition) is 3. The van der Waals surface area contributed by atoms with Gasteiger partial charge >= 0.3 is 12.0 Å². The van der Waals surface area contributed by atoms with Gasteiger partial charge in [0.2, 0.25) is 0 Å². The largest absolute Gasteiger partial charge is 0.481 e.